The molecule has 0 unspecified atom stereocenters. The Bertz CT molecular complexity index is 274. The zero-order valence-electron chi connectivity index (χ0n) is 5.02. The van der Waals surface area contributed by atoms with Crippen molar-refractivity contribution in [1.29, 1.82) is 0 Å². The molecular weight excluding hydrogens is 171 g/mol. The van der Waals surface area contributed by atoms with Crippen molar-refractivity contribution >= 4 is 23.6 Å². The second-order valence-electron chi connectivity index (χ2n) is 1.80. The highest BCUT2D eigenvalue weighted by atomic mass is 32.1. The lowest BCUT2D eigenvalue weighted by atomic mass is 10.4. The smallest absolute Gasteiger partial charge is 0.320 e. The quantitative estimate of drug-likeness (QED) is 0.622. The highest BCUT2D eigenvalue weighted by Gasteiger charge is 2.20. The molecule has 1 aromatic heterocycles. The minimum absolute atomic E-state index is 0.0625. The molecule has 1 aromatic rings. The molecule has 0 aliphatic rings. The van der Waals surface area contributed by atoms with Gasteiger partial charge in [-0.15, -0.1) is 11.3 Å². The molecule has 0 fully saturated rings. The van der Waals surface area contributed by atoms with Gasteiger partial charge in [0.25, 0.3) is 0 Å². The van der Waals surface area contributed by atoms with Crippen LogP contribution in [0.3, 0.4) is 0 Å². The first kappa shape index (κ1) is 7.95. The first-order valence-corrected chi connectivity index (χ1v) is 4.96. The lowest BCUT2D eigenvalue weighted by Crippen LogP contribution is -2.00. The van der Waals surface area contributed by atoms with E-state index in [-0.39, 0.29) is 4.62 Å². The molecule has 1 rings (SSSR count). The number of rotatable bonds is 1. The molecule has 0 aliphatic heterocycles. The molecule has 1 radical (unpaired) electrons. The van der Waals surface area contributed by atoms with Crippen molar-refractivity contribution < 1.29 is 14.4 Å². The maximum atomic E-state index is 10.6. The van der Waals surface area contributed by atoms with Crippen molar-refractivity contribution in [2.24, 2.45) is 0 Å². The van der Waals surface area contributed by atoms with Crippen LogP contribution in [0.1, 0.15) is 5.56 Å². The molecule has 0 saturated carbocycles. The fourth-order valence-electron chi connectivity index (χ4n) is 0.583. The third kappa shape index (κ3) is 1.47. The van der Waals surface area contributed by atoms with E-state index in [1.807, 2.05) is 0 Å². The average molecular weight is 177 g/mol. The lowest BCUT2D eigenvalue weighted by molar-refractivity contribution is 0.388. The van der Waals surface area contributed by atoms with Gasteiger partial charge in [-0.2, -0.15) is 0 Å². The summed E-state index contributed by atoms with van der Waals surface area (Å²) in [5, 5.41) is 1.61. The summed E-state index contributed by atoms with van der Waals surface area (Å²) < 4.78 is 10.6. The largest absolute Gasteiger partial charge is 0.366 e. The molecule has 2 N–H and O–H groups in total. The van der Waals surface area contributed by atoms with Crippen LogP contribution in [0.5, 0.6) is 0 Å². The minimum atomic E-state index is -4.05. The Balaban J connectivity index is 3.18. The topological polar surface area (TPSA) is 57.5 Å². The molecule has 55 valence electrons. The molecular formula is C5H6O3PS. The van der Waals surface area contributed by atoms with Crippen LogP contribution in [-0.4, -0.2) is 9.79 Å². The first-order chi connectivity index (χ1) is 4.52. The standard InChI is InChI=1S/C5H6O3PS/c1-4-2-3-10-5(4)9(6,7)8/h2-3H,1H2,(H2,6,7,8). The summed E-state index contributed by atoms with van der Waals surface area (Å²) in [6.07, 6.45) is 0. The molecule has 0 saturated heterocycles. The monoisotopic (exact) mass is 177 g/mol. The van der Waals surface area contributed by atoms with E-state index in [1.54, 1.807) is 11.4 Å². The second kappa shape index (κ2) is 2.47. The lowest BCUT2D eigenvalue weighted by Gasteiger charge is -1.99. The zero-order chi connectivity index (χ0) is 7.78. The summed E-state index contributed by atoms with van der Waals surface area (Å²) >= 11 is 1.03. The fourth-order valence-corrected chi connectivity index (χ4v) is 2.34. The molecule has 0 aliphatic carbocycles. The summed E-state index contributed by atoms with van der Waals surface area (Å²) in [5.41, 5.74) is 0.415. The van der Waals surface area contributed by atoms with Crippen LogP contribution in [0.2, 0.25) is 0 Å². The normalized spacial score (nSPS) is 11.9. The second-order valence-corrected chi connectivity index (χ2v) is 4.55. The molecule has 0 spiro atoms. The third-order valence-corrected chi connectivity index (χ3v) is 3.59. The van der Waals surface area contributed by atoms with Crippen LogP contribution >= 0.6 is 18.9 Å². The van der Waals surface area contributed by atoms with Crippen LogP contribution in [0, 0.1) is 6.92 Å². The van der Waals surface area contributed by atoms with Gasteiger partial charge in [0.05, 0.1) is 0 Å². The Morgan fingerprint density at radius 1 is 1.60 bits per heavy atom. The van der Waals surface area contributed by atoms with Gasteiger partial charge in [-0.05, 0) is 23.9 Å². The summed E-state index contributed by atoms with van der Waals surface area (Å²) in [4.78, 5) is 17.3. The molecule has 10 heavy (non-hydrogen) atoms. The Morgan fingerprint density at radius 3 is 2.40 bits per heavy atom. The zero-order valence-corrected chi connectivity index (χ0v) is 6.73. The van der Waals surface area contributed by atoms with Gasteiger partial charge in [0.1, 0.15) is 4.62 Å². The molecule has 0 bridgehead atoms. The van der Waals surface area contributed by atoms with Gasteiger partial charge < -0.3 is 9.79 Å². The van der Waals surface area contributed by atoms with Crippen molar-refractivity contribution in [3.05, 3.63) is 23.9 Å². The van der Waals surface area contributed by atoms with E-state index in [4.69, 9.17) is 9.79 Å². The molecule has 0 amide bonds. The Hall–Kier alpha value is -0.150. The Morgan fingerprint density at radius 2 is 2.20 bits per heavy atom. The highest BCUT2D eigenvalue weighted by Crippen LogP contribution is 2.36. The van der Waals surface area contributed by atoms with Crippen LogP contribution in [0.4, 0.5) is 0 Å². The predicted molar refractivity (Wildman–Crippen MR) is 40.5 cm³/mol. The van der Waals surface area contributed by atoms with Gasteiger partial charge in [0, 0.05) is 0 Å². The van der Waals surface area contributed by atoms with Gasteiger partial charge in [0.15, 0.2) is 0 Å². The van der Waals surface area contributed by atoms with Crippen LogP contribution in [-0.2, 0) is 4.57 Å². The minimum Gasteiger partial charge on any atom is -0.320 e. The first-order valence-electron chi connectivity index (χ1n) is 2.47. The van der Waals surface area contributed by atoms with E-state index in [2.05, 4.69) is 6.92 Å². The summed E-state index contributed by atoms with van der Waals surface area (Å²) in [6, 6.07) is 1.58. The number of hydrogen-bond donors (Lipinski definition) is 2. The van der Waals surface area contributed by atoms with Crippen molar-refractivity contribution in [3.8, 4) is 0 Å². The Labute approximate surface area is 62.5 Å². The van der Waals surface area contributed by atoms with E-state index in [0.717, 1.165) is 11.3 Å². The van der Waals surface area contributed by atoms with Crippen LogP contribution < -0.4 is 4.62 Å². The number of thiophene rings is 1. The third-order valence-electron chi connectivity index (χ3n) is 0.988. The van der Waals surface area contributed by atoms with E-state index in [1.165, 1.54) is 0 Å². The summed E-state index contributed by atoms with van der Waals surface area (Å²) in [5.74, 6) is 0. The molecule has 5 heteroatoms. The van der Waals surface area contributed by atoms with Gasteiger partial charge in [-0.3, -0.25) is 4.57 Å². The maximum absolute atomic E-state index is 10.6. The van der Waals surface area contributed by atoms with Crippen molar-refractivity contribution in [1.82, 2.24) is 0 Å². The molecule has 0 aromatic carbocycles. The van der Waals surface area contributed by atoms with Crippen molar-refractivity contribution in [2.75, 3.05) is 0 Å². The van der Waals surface area contributed by atoms with Gasteiger partial charge >= 0.3 is 7.60 Å². The van der Waals surface area contributed by atoms with Crippen molar-refractivity contribution in [3.63, 3.8) is 0 Å². The summed E-state index contributed by atoms with van der Waals surface area (Å²) in [7, 11) is -4.05. The molecule has 1 heterocycles. The van der Waals surface area contributed by atoms with E-state index in [0.29, 0.717) is 5.56 Å². The van der Waals surface area contributed by atoms with Crippen LogP contribution in [0.25, 0.3) is 0 Å². The van der Waals surface area contributed by atoms with Gasteiger partial charge in [0.2, 0.25) is 0 Å². The summed E-state index contributed by atoms with van der Waals surface area (Å²) in [6.45, 7) is 3.47. The van der Waals surface area contributed by atoms with Gasteiger partial charge in [-0.1, -0.05) is 0 Å². The maximum Gasteiger partial charge on any atom is 0.366 e. The Kier molecular flexibility index (Phi) is 1.97. The van der Waals surface area contributed by atoms with E-state index < -0.39 is 7.60 Å². The van der Waals surface area contributed by atoms with Crippen LogP contribution in [0.15, 0.2) is 11.4 Å². The number of hydrogen-bond acceptors (Lipinski definition) is 2. The predicted octanol–water partition coefficient (Wildman–Crippen LogP) is 0.733. The fraction of sp³-hybridized carbons (Fsp3) is 0. The van der Waals surface area contributed by atoms with E-state index >= 15 is 0 Å². The highest BCUT2D eigenvalue weighted by molar-refractivity contribution is 7.67. The van der Waals surface area contributed by atoms with Crippen molar-refractivity contribution in [2.45, 2.75) is 0 Å². The molecule has 3 nitrogen and oxygen atoms in total. The average Bonchev–Trinajstić information content (AvgIpc) is 2.11. The van der Waals surface area contributed by atoms with Gasteiger partial charge in [-0.25, -0.2) is 0 Å². The molecule has 0 atom stereocenters. The van der Waals surface area contributed by atoms with E-state index in [9.17, 15) is 4.57 Å². The SMILES string of the molecule is [CH2]c1ccsc1P(=O)(O)O.